The van der Waals surface area contributed by atoms with Crippen molar-refractivity contribution in [2.24, 2.45) is 0 Å². The second kappa shape index (κ2) is 7.32. The average Bonchev–Trinajstić information content (AvgIpc) is 2.99. The van der Waals surface area contributed by atoms with Crippen molar-refractivity contribution < 1.29 is 6.16 Å². The van der Waals surface area contributed by atoms with Gasteiger partial charge in [0, 0.05) is 6.99 Å². The number of fused-ring (bicyclic) bond motifs is 1. The molecular formula is C20H28N2O. The van der Waals surface area contributed by atoms with Gasteiger partial charge in [-0.3, -0.25) is 0 Å². The number of aromatic nitrogens is 2. The first kappa shape index (κ1) is 17.1. The number of benzene rings is 2. The summed E-state index contributed by atoms with van der Waals surface area (Å²) in [5.74, 6) is 2.23. The highest BCUT2D eigenvalue weighted by Crippen LogP contribution is 2.29. The molecular weight excluding hydrogens is 284 g/mol. The fourth-order valence-corrected chi connectivity index (χ4v) is 2.54. The van der Waals surface area contributed by atoms with Crippen LogP contribution in [0, 0.1) is 6.92 Å². The smallest absolute Gasteiger partial charge is 0.146 e. The maximum absolute atomic E-state index is 5.43. The number of hydrogen-bond acceptors (Lipinski definition) is 2. The van der Waals surface area contributed by atoms with Crippen LogP contribution in [-0.2, 0) is 0 Å². The van der Waals surface area contributed by atoms with E-state index in [1.807, 2.05) is 19.9 Å². The van der Waals surface area contributed by atoms with Crippen LogP contribution < -0.4 is 4.74 Å². The molecule has 3 rings (SSSR count). The number of methoxy groups -OCH3 is 1. The topological polar surface area (TPSA) is 37.9 Å². The van der Waals surface area contributed by atoms with Crippen molar-refractivity contribution in [2.75, 3.05) is 7.11 Å². The zero-order valence-corrected chi connectivity index (χ0v) is 14.9. The van der Waals surface area contributed by atoms with E-state index in [9.17, 15) is 0 Å². The van der Waals surface area contributed by atoms with Crippen molar-refractivity contribution in [3.8, 4) is 17.1 Å². The van der Waals surface area contributed by atoms with Gasteiger partial charge in [-0.2, -0.15) is 0 Å². The second-order valence-electron chi connectivity index (χ2n) is 5.73. The van der Waals surface area contributed by atoms with Crippen LogP contribution in [0.25, 0.3) is 22.4 Å². The highest BCUT2D eigenvalue weighted by Gasteiger charge is 2.10. The van der Waals surface area contributed by atoms with Gasteiger partial charge in [-0.15, -0.1) is 0 Å². The first-order chi connectivity index (χ1) is 11.1. The number of rotatable bonds is 3. The first-order valence-electron chi connectivity index (χ1n) is 8.23. The lowest BCUT2D eigenvalue weighted by Gasteiger charge is -2.05. The summed E-state index contributed by atoms with van der Waals surface area (Å²) in [4.78, 5) is 8.07. The second-order valence-corrected chi connectivity index (χ2v) is 5.73. The van der Waals surface area contributed by atoms with Crippen molar-refractivity contribution in [1.82, 2.24) is 9.97 Å². The molecule has 0 fully saturated rings. The fourth-order valence-electron chi connectivity index (χ4n) is 2.54. The molecule has 3 aromatic rings. The third-order valence-electron chi connectivity index (χ3n) is 3.77. The lowest BCUT2D eigenvalue weighted by Crippen LogP contribution is -1.87. The van der Waals surface area contributed by atoms with Gasteiger partial charge in [0.2, 0.25) is 0 Å². The molecule has 0 aliphatic heterocycles. The van der Waals surface area contributed by atoms with Crippen LogP contribution in [0.5, 0.6) is 5.75 Å². The predicted octanol–water partition coefficient (Wildman–Crippen LogP) is 5.94. The Hall–Kier alpha value is -2.29. The van der Waals surface area contributed by atoms with E-state index in [0.29, 0.717) is 5.92 Å². The van der Waals surface area contributed by atoms with Crippen LogP contribution in [0.15, 0.2) is 36.4 Å². The summed E-state index contributed by atoms with van der Waals surface area (Å²) < 4.78 is 5.43. The first-order valence-corrected chi connectivity index (χ1v) is 8.23. The number of H-pyrrole nitrogens is 1. The Morgan fingerprint density at radius 3 is 2.30 bits per heavy atom. The summed E-state index contributed by atoms with van der Waals surface area (Å²) in [6, 6.07) is 12.7. The Bertz CT molecular complexity index is 776. The van der Waals surface area contributed by atoms with Gasteiger partial charge in [-0.1, -0.05) is 52.0 Å². The Balaban J connectivity index is 0.000000925. The lowest BCUT2D eigenvalue weighted by molar-refractivity contribution is 0.418. The van der Waals surface area contributed by atoms with E-state index in [1.54, 1.807) is 7.11 Å². The summed E-state index contributed by atoms with van der Waals surface area (Å²) in [6.45, 7) is 10.5. The maximum Gasteiger partial charge on any atom is 0.146 e. The molecule has 0 saturated heterocycles. The van der Waals surface area contributed by atoms with Crippen LogP contribution in [0.1, 0.15) is 46.2 Å². The molecule has 3 nitrogen and oxygen atoms in total. The normalized spacial score (nSPS) is 10.6. The molecule has 1 heterocycles. The molecule has 1 N–H and O–H groups in total. The standard InChI is InChI=1S/C18H20N2O.C2H6.H2/c1-11(2)13-5-7-14(8-6-13)18-19-15-9-12(3)10-16(21-4)17(15)20-18;1-2;/h5-11H,1-4H3,(H,19,20);1-2H3;1H. The number of aromatic amines is 1. The Labute approximate surface area is 140 Å². The van der Waals surface area contributed by atoms with E-state index in [0.717, 1.165) is 33.7 Å². The zero-order valence-electron chi connectivity index (χ0n) is 14.9. The number of hydrogen-bond donors (Lipinski definition) is 1. The van der Waals surface area contributed by atoms with Crippen molar-refractivity contribution in [2.45, 2.75) is 40.5 Å². The molecule has 0 bridgehead atoms. The molecule has 0 unspecified atom stereocenters. The zero-order chi connectivity index (χ0) is 17.0. The van der Waals surface area contributed by atoms with Gasteiger partial charge in [0.05, 0.1) is 12.6 Å². The highest BCUT2D eigenvalue weighted by molar-refractivity contribution is 5.85. The average molecular weight is 312 g/mol. The van der Waals surface area contributed by atoms with E-state index >= 15 is 0 Å². The molecule has 0 saturated carbocycles. The molecule has 0 aliphatic rings. The van der Waals surface area contributed by atoms with Crippen LogP contribution in [-0.4, -0.2) is 17.1 Å². The van der Waals surface area contributed by atoms with Crippen molar-refractivity contribution in [3.63, 3.8) is 0 Å². The van der Waals surface area contributed by atoms with E-state index in [2.05, 4.69) is 61.1 Å². The maximum atomic E-state index is 5.43. The summed E-state index contributed by atoms with van der Waals surface area (Å²) in [5.41, 5.74) is 5.48. The van der Waals surface area contributed by atoms with Gasteiger partial charge in [-0.25, -0.2) is 4.98 Å². The number of aryl methyl sites for hydroxylation is 1. The van der Waals surface area contributed by atoms with Crippen molar-refractivity contribution >= 4 is 11.0 Å². The van der Waals surface area contributed by atoms with Crippen LogP contribution >= 0.6 is 0 Å². The summed E-state index contributed by atoms with van der Waals surface area (Å²) >= 11 is 0. The predicted molar refractivity (Wildman–Crippen MR) is 100 cm³/mol. The third kappa shape index (κ3) is 3.55. The van der Waals surface area contributed by atoms with Crippen LogP contribution in [0.4, 0.5) is 0 Å². The minimum absolute atomic E-state index is 0. The molecule has 0 radical (unpaired) electrons. The van der Waals surface area contributed by atoms with Crippen molar-refractivity contribution in [3.05, 3.63) is 47.5 Å². The van der Waals surface area contributed by atoms with Gasteiger partial charge >= 0.3 is 0 Å². The van der Waals surface area contributed by atoms with Crippen LogP contribution in [0.2, 0.25) is 0 Å². The molecule has 2 aromatic carbocycles. The van der Waals surface area contributed by atoms with E-state index in [1.165, 1.54) is 5.56 Å². The monoisotopic (exact) mass is 312 g/mol. The largest absolute Gasteiger partial charge is 0.494 e. The molecule has 0 amide bonds. The molecule has 124 valence electrons. The van der Waals surface area contributed by atoms with Gasteiger partial charge in [0.15, 0.2) is 0 Å². The van der Waals surface area contributed by atoms with E-state index in [4.69, 9.17) is 4.74 Å². The quantitative estimate of drug-likeness (QED) is 0.649. The number of imidazole rings is 1. The summed E-state index contributed by atoms with van der Waals surface area (Å²) in [6.07, 6.45) is 0. The lowest BCUT2D eigenvalue weighted by atomic mass is 10.0. The number of ether oxygens (including phenoxy) is 1. The summed E-state index contributed by atoms with van der Waals surface area (Å²) in [5, 5.41) is 0. The minimum atomic E-state index is 0. The molecule has 0 atom stereocenters. The molecule has 0 aliphatic carbocycles. The van der Waals surface area contributed by atoms with E-state index < -0.39 is 0 Å². The highest BCUT2D eigenvalue weighted by atomic mass is 16.5. The van der Waals surface area contributed by atoms with E-state index in [-0.39, 0.29) is 1.43 Å². The fraction of sp³-hybridized carbons (Fsp3) is 0.350. The van der Waals surface area contributed by atoms with Crippen LogP contribution in [0.3, 0.4) is 0 Å². The third-order valence-corrected chi connectivity index (χ3v) is 3.77. The Morgan fingerprint density at radius 2 is 1.74 bits per heavy atom. The number of nitrogens with one attached hydrogen (secondary N) is 1. The SMILES string of the molecule is CC.COc1cc(C)cc2[nH]c(-c3ccc(C(C)C)cc3)nc12.[HH]. The van der Waals surface area contributed by atoms with Crippen molar-refractivity contribution in [1.29, 1.82) is 0 Å². The van der Waals surface area contributed by atoms with Gasteiger partial charge in [-0.05, 0) is 36.1 Å². The van der Waals surface area contributed by atoms with Gasteiger partial charge in [0.1, 0.15) is 17.1 Å². The Morgan fingerprint density at radius 1 is 1.09 bits per heavy atom. The number of nitrogens with zero attached hydrogens (tertiary/aromatic N) is 1. The molecule has 0 spiro atoms. The molecule has 1 aromatic heterocycles. The van der Waals surface area contributed by atoms with Gasteiger partial charge < -0.3 is 9.72 Å². The molecule has 23 heavy (non-hydrogen) atoms. The molecule has 3 heteroatoms. The minimum Gasteiger partial charge on any atom is -0.494 e. The Kier molecular flexibility index (Phi) is 5.43. The van der Waals surface area contributed by atoms with Gasteiger partial charge in [0.25, 0.3) is 0 Å². The summed E-state index contributed by atoms with van der Waals surface area (Å²) in [7, 11) is 1.68.